The van der Waals surface area contributed by atoms with Gasteiger partial charge in [0.1, 0.15) is 18.3 Å². The van der Waals surface area contributed by atoms with Crippen LogP contribution in [-0.2, 0) is 23.7 Å². The van der Waals surface area contributed by atoms with E-state index in [0.29, 0.717) is 56.5 Å². The molecule has 2 aliphatic carbocycles. The highest BCUT2D eigenvalue weighted by molar-refractivity contribution is 5.65. The molecule has 5 rings (SSSR count). The molecule has 0 radical (unpaired) electrons. The van der Waals surface area contributed by atoms with Gasteiger partial charge in [0.05, 0.1) is 74.8 Å². The third-order valence-corrected chi connectivity index (χ3v) is 14.2. The molecule has 3 heterocycles. The molecule has 17 atom stereocenters. The molecule has 15 heteroatoms. The van der Waals surface area contributed by atoms with E-state index in [4.69, 9.17) is 24.7 Å². The molecule has 0 bridgehead atoms. The van der Waals surface area contributed by atoms with Crippen LogP contribution < -0.4 is 26.8 Å². The molecule has 15 nitrogen and oxygen atoms in total. The van der Waals surface area contributed by atoms with Crippen molar-refractivity contribution in [3.8, 4) is 0 Å². The highest BCUT2D eigenvalue weighted by atomic mass is 16.5. The second kappa shape index (κ2) is 22.0. The predicted octanol–water partition coefficient (Wildman–Crippen LogP) is -2.18. The minimum atomic E-state index is -1.05. The minimum absolute atomic E-state index is 0.0217. The summed E-state index contributed by atoms with van der Waals surface area (Å²) in [5.41, 5.74) is 5.81. The van der Waals surface area contributed by atoms with Crippen molar-refractivity contribution in [1.29, 1.82) is 0 Å². The fourth-order valence-electron chi connectivity index (χ4n) is 11.2. The van der Waals surface area contributed by atoms with E-state index in [2.05, 4.69) is 22.9 Å². The molecule has 5 fully saturated rings. The molecule has 0 spiro atoms. The molecule has 326 valence electrons. The molecule has 0 aromatic heterocycles. The summed E-state index contributed by atoms with van der Waals surface area (Å²) in [5.74, 6) is -0.771. The molecule has 0 aromatic carbocycles. The van der Waals surface area contributed by atoms with Crippen molar-refractivity contribution in [2.75, 3.05) is 40.1 Å². The number of carbonyl (C=O) groups excluding carboxylic acids is 1. The van der Waals surface area contributed by atoms with E-state index in [1.807, 2.05) is 0 Å². The van der Waals surface area contributed by atoms with Crippen LogP contribution in [0, 0.1) is 29.1 Å². The van der Waals surface area contributed by atoms with E-state index in [1.165, 1.54) is 0 Å². The van der Waals surface area contributed by atoms with Crippen molar-refractivity contribution in [3.63, 3.8) is 0 Å². The number of rotatable bonds is 19. The van der Waals surface area contributed by atoms with Gasteiger partial charge in [-0.05, 0) is 121 Å². The fourth-order valence-corrected chi connectivity index (χ4v) is 11.2. The smallest absolute Gasteiger partial charge is 0.137 e. The number of nitrogens with two attached hydrogens (primary N) is 3. The number of hydrogen-bond acceptors (Lipinski definition) is 13. The number of carboxylic acids is 1. The summed E-state index contributed by atoms with van der Waals surface area (Å²) in [5, 5.41) is 73.0. The van der Waals surface area contributed by atoms with Crippen molar-refractivity contribution in [1.82, 2.24) is 5.32 Å². The van der Waals surface area contributed by atoms with Crippen LogP contribution in [0.1, 0.15) is 110 Å². The Morgan fingerprint density at radius 2 is 1.77 bits per heavy atom. The van der Waals surface area contributed by atoms with Gasteiger partial charge in [-0.3, -0.25) is 11.1 Å². The first-order valence-corrected chi connectivity index (χ1v) is 21.9. The number of ether oxygens (including phenoxy) is 4. The first-order valence-electron chi connectivity index (χ1n) is 21.9. The number of aliphatic carboxylic acids is 1. The number of carbonyl (C=O) groups is 1. The van der Waals surface area contributed by atoms with Crippen molar-refractivity contribution < 1.29 is 65.0 Å². The van der Waals surface area contributed by atoms with Crippen LogP contribution in [0.4, 0.5) is 0 Å². The molecule has 12 N–H and O–H groups in total. The van der Waals surface area contributed by atoms with Crippen molar-refractivity contribution >= 4 is 5.97 Å². The van der Waals surface area contributed by atoms with Crippen LogP contribution in [0.15, 0.2) is 0 Å². The lowest BCUT2D eigenvalue weighted by atomic mass is 9.64. The Bertz CT molecular complexity index is 1170. The lowest BCUT2D eigenvalue weighted by Crippen LogP contribution is -3.00. The summed E-state index contributed by atoms with van der Waals surface area (Å²) < 4.78 is 25.4. The van der Waals surface area contributed by atoms with E-state index in [-0.39, 0.29) is 68.7 Å². The fraction of sp³-hybridized carbons (Fsp3) is 0.976. The number of piperidine rings is 2. The molecule has 3 aliphatic heterocycles. The lowest BCUT2D eigenvalue weighted by molar-refractivity contribution is -0.744. The van der Waals surface area contributed by atoms with Crippen LogP contribution in [0.5, 0.6) is 0 Å². The van der Waals surface area contributed by atoms with Gasteiger partial charge in [-0.25, -0.2) is 0 Å². The van der Waals surface area contributed by atoms with Crippen LogP contribution in [0.25, 0.3) is 0 Å². The van der Waals surface area contributed by atoms with Gasteiger partial charge in [-0.2, -0.15) is 0 Å². The first kappa shape index (κ1) is 46.0. The Balaban J connectivity index is 1.24. The highest BCUT2D eigenvalue weighted by Crippen LogP contribution is 2.44. The zero-order valence-corrected chi connectivity index (χ0v) is 34.3. The van der Waals surface area contributed by atoms with Crippen LogP contribution in [0.2, 0.25) is 0 Å². The second-order valence-electron chi connectivity index (χ2n) is 18.6. The normalized spacial score (nSPS) is 43.0. The molecular weight excluding hydrogens is 724 g/mol. The Hall–Kier alpha value is -1.05. The van der Waals surface area contributed by atoms with Crippen molar-refractivity contribution in [2.45, 2.75) is 183 Å². The molecule has 56 heavy (non-hydrogen) atoms. The largest absolute Gasteiger partial charge is 0.550 e. The van der Waals surface area contributed by atoms with Gasteiger partial charge in [-0.15, -0.1) is 0 Å². The third-order valence-electron chi connectivity index (χ3n) is 14.2. The zero-order chi connectivity index (χ0) is 40.4. The molecule has 5 aliphatic rings. The quantitative estimate of drug-likeness (QED) is 0.0499. The molecular formula is C41H77N4O11+. The maximum Gasteiger partial charge on any atom is 0.137 e. The van der Waals surface area contributed by atoms with Gasteiger partial charge in [0, 0.05) is 44.0 Å². The Kier molecular flexibility index (Phi) is 18.1. The molecule has 17 unspecified atom stereocenters. The second-order valence-corrected chi connectivity index (χ2v) is 18.6. The standard InChI is InChI=1S/C41H76N4O11/c1-24-8-11-41(20-38(50)51,19-27-9-12-44-37(42)15-27)36(45-24)22-54-35-17-28(16-34(53-3)39(35)52)40-30(10-13-46)32(49)18-29(56-40)6-4-26-5-7-31(48)33(14-26)55-23-43-21-25(2)47/h24-37,39-40,43-49,52H,4-23,42H2,1-3H3,(H,50,51)/p+1. The SMILES string of the molecule is COC1CC(C2OC(CCC3CCC(O)C(OCNCC(C)O)C3)CC(O)C2CCO)CC(OCC2[NH2+]C(C)CCC2(CC(=O)[O-])CC2CC[NH2+]C(N)C2)C1O. The van der Waals surface area contributed by atoms with E-state index in [0.717, 1.165) is 64.3 Å². The summed E-state index contributed by atoms with van der Waals surface area (Å²) >= 11 is 0. The highest BCUT2D eigenvalue weighted by Gasteiger charge is 2.51. The number of quaternary nitrogens is 2. The monoisotopic (exact) mass is 802 g/mol. The van der Waals surface area contributed by atoms with Gasteiger partial charge in [0.15, 0.2) is 0 Å². The van der Waals surface area contributed by atoms with E-state index in [9.17, 15) is 35.4 Å². The number of hydrogen-bond donors (Lipinski definition) is 9. The van der Waals surface area contributed by atoms with E-state index in [1.54, 1.807) is 14.0 Å². The average molecular weight is 802 g/mol. The summed E-state index contributed by atoms with van der Waals surface area (Å²) in [6.45, 7) is 5.70. The number of methoxy groups -OCH3 is 1. The Morgan fingerprint density at radius 1 is 0.982 bits per heavy atom. The molecule has 2 saturated carbocycles. The van der Waals surface area contributed by atoms with Gasteiger partial charge in [-0.1, -0.05) is 0 Å². The van der Waals surface area contributed by atoms with E-state index >= 15 is 0 Å². The van der Waals surface area contributed by atoms with E-state index < -0.39 is 48.0 Å². The molecule has 0 amide bonds. The van der Waals surface area contributed by atoms with Crippen LogP contribution >= 0.6 is 0 Å². The topological polar surface area (TPSA) is 249 Å². The number of aliphatic hydroxyl groups is 5. The summed E-state index contributed by atoms with van der Waals surface area (Å²) in [6.07, 6.45) is 5.53. The maximum atomic E-state index is 12.3. The summed E-state index contributed by atoms with van der Waals surface area (Å²) in [7, 11) is 1.59. The number of carboxylic acid groups (broad SMARTS) is 1. The van der Waals surface area contributed by atoms with Crippen LogP contribution in [-0.4, -0.2) is 145 Å². The third kappa shape index (κ3) is 12.7. The lowest BCUT2D eigenvalue weighted by Gasteiger charge is -2.49. The van der Waals surface area contributed by atoms with Gasteiger partial charge in [0.2, 0.25) is 0 Å². The number of nitrogens with one attached hydrogen (secondary N) is 1. The minimum Gasteiger partial charge on any atom is -0.550 e. The van der Waals surface area contributed by atoms with Crippen molar-refractivity contribution in [2.24, 2.45) is 34.8 Å². The summed E-state index contributed by atoms with van der Waals surface area (Å²) in [4.78, 5) is 12.3. The number of aliphatic hydroxyl groups excluding tert-OH is 5. The predicted molar refractivity (Wildman–Crippen MR) is 204 cm³/mol. The maximum absolute atomic E-state index is 12.3. The van der Waals surface area contributed by atoms with Gasteiger partial charge in [0.25, 0.3) is 0 Å². The molecule has 0 aromatic rings. The summed E-state index contributed by atoms with van der Waals surface area (Å²) in [6, 6.07) is 0.171. The Morgan fingerprint density at radius 3 is 2.48 bits per heavy atom. The first-order chi connectivity index (χ1) is 26.8. The van der Waals surface area contributed by atoms with Gasteiger partial charge >= 0.3 is 0 Å². The Labute approximate surface area is 334 Å². The van der Waals surface area contributed by atoms with Crippen LogP contribution in [0.3, 0.4) is 0 Å². The van der Waals surface area contributed by atoms with Crippen molar-refractivity contribution in [3.05, 3.63) is 0 Å². The zero-order valence-electron chi connectivity index (χ0n) is 34.3. The molecule has 3 saturated heterocycles. The van der Waals surface area contributed by atoms with Gasteiger partial charge < -0.3 is 65.0 Å². The average Bonchev–Trinajstić information content (AvgIpc) is 3.15.